The van der Waals surface area contributed by atoms with Crippen molar-refractivity contribution in [2.24, 2.45) is 5.73 Å². The van der Waals surface area contributed by atoms with Crippen LogP contribution in [0.25, 0.3) is 0 Å². The second kappa shape index (κ2) is 6.97. The van der Waals surface area contributed by atoms with Gasteiger partial charge in [0.2, 0.25) is 5.91 Å². The van der Waals surface area contributed by atoms with Crippen molar-refractivity contribution in [1.29, 1.82) is 0 Å². The van der Waals surface area contributed by atoms with Crippen LogP contribution in [0.4, 0.5) is 0 Å². The Morgan fingerprint density at radius 2 is 1.94 bits per heavy atom. The number of carbonyl (C=O) groups is 1. The standard InChI is InChI=1S/C13H29N3O/c1-7-13(4,5)16(6)11(9-14)8-12(17)15-10(2)3/h10-11H,7-9,14H2,1-6H3,(H,15,17). The molecule has 0 bridgehead atoms. The number of nitrogens with one attached hydrogen (secondary N) is 1. The van der Waals surface area contributed by atoms with Gasteiger partial charge in [-0.3, -0.25) is 9.69 Å². The van der Waals surface area contributed by atoms with Gasteiger partial charge in [0.15, 0.2) is 0 Å². The highest BCUT2D eigenvalue weighted by atomic mass is 16.1. The molecule has 4 nitrogen and oxygen atoms in total. The molecular formula is C13H29N3O. The Hall–Kier alpha value is -0.610. The van der Waals surface area contributed by atoms with Gasteiger partial charge in [0, 0.05) is 30.6 Å². The van der Waals surface area contributed by atoms with Gasteiger partial charge in [0.1, 0.15) is 0 Å². The Labute approximate surface area is 106 Å². The molecule has 0 heterocycles. The number of hydrogen-bond donors (Lipinski definition) is 2. The number of carbonyl (C=O) groups excluding carboxylic acids is 1. The molecule has 1 atom stereocenters. The van der Waals surface area contributed by atoms with Gasteiger partial charge in [-0.2, -0.15) is 0 Å². The first-order valence-electron chi connectivity index (χ1n) is 6.47. The van der Waals surface area contributed by atoms with E-state index in [0.29, 0.717) is 13.0 Å². The second-order valence-corrected chi connectivity index (χ2v) is 5.59. The zero-order chi connectivity index (χ0) is 13.6. The molecule has 0 aliphatic rings. The molecule has 0 aromatic carbocycles. The smallest absolute Gasteiger partial charge is 0.221 e. The molecule has 0 spiro atoms. The van der Waals surface area contributed by atoms with Gasteiger partial charge < -0.3 is 11.1 Å². The minimum absolute atomic E-state index is 0.0716. The Morgan fingerprint density at radius 3 is 2.29 bits per heavy atom. The highest BCUT2D eigenvalue weighted by molar-refractivity contribution is 5.76. The lowest BCUT2D eigenvalue weighted by molar-refractivity contribution is -0.123. The van der Waals surface area contributed by atoms with Crippen molar-refractivity contribution in [2.45, 2.75) is 65.1 Å². The fourth-order valence-electron chi connectivity index (χ4n) is 1.72. The third-order valence-electron chi connectivity index (χ3n) is 3.51. The van der Waals surface area contributed by atoms with Crippen LogP contribution in [0.1, 0.15) is 47.5 Å². The Kier molecular flexibility index (Phi) is 6.72. The summed E-state index contributed by atoms with van der Waals surface area (Å²) >= 11 is 0. The number of hydrogen-bond acceptors (Lipinski definition) is 3. The molecule has 17 heavy (non-hydrogen) atoms. The summed E-state index contributed by atoms with van der Waals surface area (Å²) in [4.78, 5) is 14.0. The van der Waals surface area contributed by atoms with E-state index in [2.05, 4.69) is 31.0 Å². The maximum Gasteiger partial charge on any atom is 0.221 e. The van der Waals surface area contributed by atoms with Gasteiger partial charge in [-0.05, 0) is 41.2 Å². The average Bonchev–Trinajstić information content (AvgIpc) is 2.23. The molecule has 0 saturated heterocycles. The zero-order valence-electron chi connectivity index (χ0n) is 12.2. The molecule has 0 rings (SSSR count). The normalized spacial score (nSPS) is 14.2. The predicted octanol–water partition coefficient (Wildman–Crippen LogP) is 1.35. The van der Waals surface area contributed by atoms with Gasteiger partial charge in [-0.1, -0.05) is 6.92 Å². The second-order valence-electron chi connectivity index (χ2n) is 5.59. The van der Waals surface area contributed by atoms with E-state index < -0.39 is 0 Å². The molecule has 4 heteroatoms. The van der Waals surface area contributed by atoms with Crippen molar-refractivity contribution in [1.82, 2.24) is 10.2 Å². The Morgan fingerprint density at radius 1 is 1.41 bits per heavy atom. The van der Waals surface area contributed by atoms with Crippen LogP contribution in [0.15, 0.2) is 0 Å². The Bertz CT molecular complexity index is 239. The van der Waals surface area contributed by atoms with E-state index in [0.717, 1.165) is 6.42 Å². The lowest BCUT2D eigenvalue weighted by atomic mass is 9.96. The van der Waals surface area contributed by atoms with Crippen molar-refractivity contribution in [3.63, 3.8) is 0 Å². The van der Waals surface area contributed by atoms with Crippen LogP contribution >= 0.6 is 0 Å². The van der Waals surface area contributed by atoms with Crippen molar-refractivity contribution in [2.75, 3.05) is 13.6 Å². The zero-order valence-corrected chi connectivity index (χ0v) is 12.2. The summed E-state index contributed by atoms with van der Waals surface area (Å²) in [5.74, 6) is 0.0780. The quantitative estimate of drug-likeness (QED) is 0.709. The first-order valence-corrected chi connectivity index (χ1v) is 6.47. The molecule has 0 aromatic rings. The Balaban J connectivity index is 4.47. The number of nitrogens with zero attached hydrogens (tertiary/aromatic N) is 1. The summed E-state index contributed by atoms with van der Waals surface area (Å²) in [5, 5.41) is 2.91. The largest absolute Gasteiger partial charge is 0.354 e. The summed E-state index contributed by atoms with van der Waals surface area (Å²) < 4.78 is 0. The monoisotopic (exact) mass is 243 g/mol. The summed E-state index contributed by atoms with van der Waals surface area (Å²) in [6.45, 7) is 10.9. The summed E-state index contributed by atoms with van der Waals surface area (Å²) in [6, 6.07) is 0.286. The number of amides is 1. The molecule has 102 valence electrons. The average molecular weight is 243 g/mol. The summed E-state index contributed by atoms with van der Waals surface area (Å²) in [7, 11) is 2.05. The van der Waals surface area contributed by atoms with Gasteiger partial charge >= 0.3 is 0 Å². The third-order valence-corrected chi connectivity index (χ3v) is 3.51. The van der Waals surface area contributed by atoms with Crippen LogP contribution in [0.3, 0.4) is 0 Å². The molecule has 0 aromatic heterocycles. The van der Waals surface area contributed by atoms with Crippen LogP contribution < -0.4 is 11.1 Å². The molecule has 3 N–H and O–H groups in total. The highest BCUT2D eigenvalue weighted by Crippen LogP contribution is 2.20. The molecule has 1 unspecified atom stereocenters. The van der Waals surface area contributed by atoms with Crippen molar-refractivity contribution >= 4 is 5.91 Å². The number of nitrogens with two attached hydrogens (primary N) is 1. The lowest BCUT2D eigenvalue weighted by Gasteiger charge is -2.40. The van der Waals surface area contributed by atoms with E-state index in [9.17, 15) is 4.79 Å². The highest BCUT2D eigenvalue weighted by Gasteiger charge is 2.28. The van der Waals surface area contributed by atoms with Gasteiger partial charge in [0.05, 0.1) is 0 Å². The fourth-order valence-corrected chi connectivity index (χ4v) is 1.72. The predicted molar refractivity (Wildman–Crippen MR) is 72.9 cm³/mol. The summed E-state index contributed by atoms with van der Waals surface area (Å²) in [5.41, 5.74) is 5.85. The number of rotatable bonds is 7. The molecule has 0 radical (unpaired) electrons. The molecule has 0 saturated carbocycles. The maximum absolute atomic E-state index is 11.7. The SMILES string of the molecule is CCC(C)(C)N(C)C(CN)CC(=O)NC(C)C. The van der Waals surface area contributed by atoms with Gasteiger partial charge in [-0.15, -0.1) is 0 Å². The van der Waals surface area contributed by atoms with Crippen LogP contribution in [-0.4, -0.2) is 42.0 Å². The van der Waals surface area contributed by atoms with E-state index in [4.69, 9.17) is 5.73 Å². The lowest BCUT2D eigenvalue weighted by Crippen LogP contribution is -2.51. The van der Waals surface area contributed by atoms with E-state index in [-0.39, 0.29) is 23.5 Å². The minimum Gasteiger partial charge on any atom is -0.354 e. The van der Waals surface area contributed by atoms with Gasteiger partial charge in [-0.25, -0.2) is 0 Å². The van der Waals surface area contributed by atoms with Crippen molar-refractivity contribution in [3.8, 4) is 0 Å². The molecule has 0 fully saturated rings. The maximum atomic E-state index is 11.7. The number of likely N-dealkylation sites (N-methyl/N-ethyl adjacent to an activating group) is 1. The van der Waals surface area contributed by atoms with Crippen molar-refractivity contribution in [3.05, 3.63) is 0 Å². The molecule has 1 amide bonds. The molecule has 0 aliphatic carbocycles. The summed E-state index contributed by atoms with van der Waals surface area (Å²) in [6.07, 6.45) is 1.50. The fraction of sp³-hybridized carbons (Fsp3) is 0.923. The molecular weight excluding hydrogens is 214 g/mol. The van der Waals surface area contributed by atoms with Crippen LogP contribution in [-0.2, 0) is 4.79 Å². The van der Waals surface area contributed by atoms with Crippen molar-refractivity contribution < 1.29 is 4.79 Å². The first-order chi connectivity index (χ1) is 7.74. The van der Waals surface area contributed by atoms with Crippen LogP contribution in [0.2, 0.25) is 0 Å². The van der Waals surface area contributed by atoms with Gasteiger partial charge in [0.25, 0.3) is 0 Å². The van der Waals surface area contributed by atoms with E-state index in [1.807, 2.05) is 20.9 Å². The van der Waals surface area contributed by atoms with E-state index in [1.54, 1.807) is 0 Å². The van der Waals surface area contributed by atoms with E-state index >= 15 is 0 Å². The topological polar surface area (TPSA) is 58.4 Å². The first kappa shape index (κ1) is 16.4. The van der Waals surface area contributed by atoms with E-state index in [1.165, 1.54) is 0 Å². The minimum atomic E-state index is 0.0716. The molecule has 0 aliphatic heterocycles. The van der Waals surface area contributed by atoms with Crippen LogP contribution in [0.5, 0.6) is 0 Å². The van der Waals surface area contributed by atoms with Crippen LogP contribution in [0, 0.1) is 0 Å². The third kappa shape index (κ3) is 5.50.